The Balaban J connectivity index is 2.90. The van der Waals surface area contributed by atoms with Crippen molar-refractivity contribution < 1.29 is 0 Å². The van der Waals surface area contributed by atoms with Crippen LogP contribution < -0.4 is 10.6 Å². The first-order valence-electron chi connectivity index (χ1n) is 5.56. The molecule has 3 N–H and O–H groups in total. The number of hydrogen-bond acceptors (Lipinski definition) is 3. The molecule has 88 valence electrons. The summed E-state index contributed by atoms with van der Waals surface area (Å²) in [4.78, 5) is 6.25. The van der Waals surface area contributed by atoms with E-state index in [0.29, 0.717) is 11.6 Å². The maximum Gasteiger partial charge on any atom is 0.143 e. The molecule has 1 heterocycles. The highest BCUT2D eigenvalue weighted by atomic mass is 15.1. The summed E-state index contributed by atoms with van der Waals surface area (Å²) in [5, 5.41) is 7.49. The van der Waals surface area contributed by atoms with E-state index in [-0.39, 0.29) is 5.84 Å². The maximum atomic E-state index is 7.49. The van der Waals surface area contributed by atoms with Gasteiger partial charge in [-0.25, -0.2) is 0 Å². The molecule has 0 saturated heterocycles. The predicted molar refractivity (Wildman–Crippen MR) is 68.0 cm³/mol. The third-order valence-corrected chi connectivity index (χ3v) is 2.74. The average molecular weight is 220 g/mol. The first-order chi connectivity index (χ1) is 7.56. The van der Waals surface area contributed by atoms with Crippen molar-refractivity contribution in [2.75, 3.05) is 18.5 Å². The second kappa shape index (κ2) is 5.49. The highest BCUT2D eigenvalue weighted by Crippen LogP contribution is 2.18. The minimum atomic E-state index is 0.0200. The number of nitrogens with two attached hydrogens (primary N) is 1. The number of nitrogens with zero attached hydrogens (tertiary/aromatic N) is 2. The van der Waals surface area contributed by atoms with Crippen molar-refractivity contribution in [3.8, 4) is 0 Å². The number of aromatic nitrogens is 1. The van der Waals surface area contributed by atoms with Crippen LogP contribution in [0.1, 0.15) is 26.0 Å². The van der Waals surface area contributed by atoms with Crippen LogP contribution in [-0.4, -0.2) is 24.4 Å². The highest BCUT2D eigenvalue weighted by molar-refractivity contribution is 5.98. The van der Waals surface area contributed by atoms with Gasteiger partial charge in [-0.3, -0.25) is 10.4 Å². The van der Waals surface area contributed by atoms with Gasteiger partial charge in [0.2, 0.25) is 0 Å². The fraction of sp³-hybridized carbons (Fsp3) is 0.500. The summed E-state index contributed by atoms with van der Waals surface area (Å²) in [6.45, 7) is 5.33. The molecular weight excluding hydrogens is 200 g/mol. The minimum Gasteiger partial charge on any atom is -0.382 e. The van der Waals surface area contributed by atoms with Gasteiger partial charge in [-0.15, -0.1) is 0 Å². The summed E-state index contributed by atoms with van der Waals surface area (Å²) in [6.07, 6.45) is 2.80. The minimum absolute atomic E-state index is 0.0200. The largest absolute Gasteiger partial charge is 0.382 e. The van der Waals surface area contributed by atoms with Crippen LogP contribution in [0, 0.1) is 11.3 Å². The molecule has 4 heteroatoms. The zero-order valence-electron chi connectivity index (χ0n) is 10.2. The molecule has 1 rings (SSSR count). The van der Waals surface area contributed by atoms with Gasteiger partial charge in [0.15, 0.2) is 0 Å². The summed E-state index contributed by atoms with van der Waals surface area (Å²) >= 11 is 0. The van der Waals surface area contributed by atoms with Crippen LogP contribution in [0.15, 0.2) is 18.3 Å². The molecule has 0 amide bonds. The van der Waals surface area contributed by atoms with Gasteiger partial charge in [-0.05, 0) is 18.1 Å². The lowest BCUT2D eigenvalue weighted by Crippen LogP contribution is -2.27. The number of amidine groups is 1. The molecule has 0 radical (unpaired) electrons. The number of nitrogen functional groups attached to an aromatic ring is 1. The molecule has 0 aliphatic rings. The molecule has 16 heavy (non-hydrogen) atoms. The lowest BCUT2D eigenvalue weighted by molar-refractivity contribution is 0.559. The quantitative estimate of drug-likeness (QED) is 0.588. The average Bonchev–Trinajstić information content (AvgIpc) is 2.28. The number of hydrogen-bond donors (Lipinski definition) is 2. The van der Waals surface area contributed by atoms with Crippen molar-refractivity contribution in [3.05, 3.63) is 24.0 Å². The Kier molecular flexibility index (Phi) is 4.28. The molecule has 0 saturated carbocycles. The van der Waals surface area contributed by atoms with Gasteiger partial charge in [0.25, 0.3) is 0 Å². The highest BCUT2D eigenvalue weighted by Gasteiger charge is 2.12. The van der Waals surface area contributed by atoms with Crippen LogP contribution >= 0.6 is 0 Å². The van der Waals surface area contributed by atoms with Crippen molar-refractivity contribution in [1.82, 2.24) is 4.98 Å². The van der Waals surface area contributed by atoms with Gasteiger partial charge in [-0.2, -0.15) is 0 Å². The van der Waals surface area contributed by atoms with Crippen molar-refractivity contribution in [2.24, 2.45) is 11.7 Å². The van der Waals surface area contributed by atoms with E-state index in [4.69, 9.17) is 11.1 Å². The van der Waals surface area contributed by atoms with Crippen LogP contribution in [0.4, 0.5) is 5.69 Å². The van der Waals surface area contributed by atoms with Crippen molar-refractivity contribution >= 4 is 11.5 Å². The molecule has 0 aliphatic heterocycles. The van der Waals surface area contributed by atoms with E-state index in [1.807, 2.05) is 19.2 Å². The molecule has 0 fully saturated rings. The lowest BCUT2D eigenvalue weighted by Gasteiger charge is -2.24. The summed E-state index contributed by atoms with van der Waals surface area (Å²) < 4.78 is 0. The van der Waals surface area contributed by atoms with Crippen LogP contribution in [0.3, 0.4) is 0 Å². The van der Waals surface area contributed by atoms with Gasteiger partial charge >= 0.3 is 0 Å². The fourth-order valence-corrected chi connectivity index (χ4v) is 1.61. The zero-order chi connectivity index (χ0) is 12.1. The molecule has 0 bridgehead atoms. The first-order valence-corrected chi connectivity index (χ1v) is 5.56. The standard InChI is InChI=1S/C12H20N4/c1-4-9(2)8-16(3)10-6-5-7-15-11(10)12(13)14/h5-7,9H,4,8H2,1-3H3,(H3,13,14). The molecule has 1 atom stereocenters. The summed E-state index contributed by atoms with van der Waals surface area (Å²) in [5.41, 5.74) is 7.00. The summed E-state index contributed by atoms with van der Waals surface area (Å²) in [6, 6.07) is 3.82. The zero-order valence-corrected chi connectivity index (χ0v) is 10.2. The van der Waals surface area contributed by atoms with E-state index in [9.17, 15) is 0 Å². The summed E-state index contributed by atoms with van der Waals surface area (Å²) in [5.74, 6) is 0.636. The Morgan fingerprint density at radius 1 is 1.62 bits per heavy atom. The van der Waals surface area contributed by atoms with E-state index in [1.54, 1.807) is 6.20 Å². The fourth-order valence-electron chi connectivity index (χ4n) is 1.61. The Morgan fingerprint density at radius 3 is 2.88 bits per heavy atom. The van der Waals surface area contributed by atoms with Crippen LogP contribution in [-0.2, 0) is 0 Å². The first kappa shape index (κ1) is 12.5. The maximum absolute atomic E-state index is 7.49. The number of pyridine rings is 1. The molecule has 0 aromatic carbocycles. The van der Waals surface area contributed by atoms with Crippen LogP contribution in [0.5, 0.6) is 0 Å². The van der Waals surface area contributed by atoms with Crippen molar-refractivity contribution in [3.63, 3.8) is 0 Å². The molecule has 1 unspecified atom stereocenters. The monoisotopic (exact) mass is 220 g/mol. The predicted octanol–water partition coefficient (Wildman–Crippen LogP) is 1.85. The molecule has 0 spiro atoms. The Bertz CT molecular complexity index is 362. The van der Waals surface area contributed by atoms with E-state index in [0.717, 1.165) is 18.7 Å². The van der Waals surface area contributed by atoms with E-state index in [1.165, 1.54) is 0 Å². The van der Waals surface area contributed by atoms with Crippen LogP contribution in [0.25, 0.3) is 0 Å². The van der Waals surface area contributed by atoms with Crippen LogP contribution in [0.2, 0.25) is 0 Å². The van der Waals surface area contributed by atoms with Gasteiger partial charge in [0.1, 0.15) is 11.5 Å². The number of rotatable bonds is 5. The topological polar surface area (TPSA) is 66.0 Å². The van der Waals surface area contributed by atoms with Crippen molar-refractivity contribution in [1.29, 1.82) is 5.41 Å². The number of anilines is 1. The summed E-state index contributed by atoms with van der Waals surface area (Å²) in [7, 11) is 2.01. The van der Waals surface area contributed by atoms with Gasteiger partial charge < -0.3 is 10.6 Å². The second-order valence-electron chi connectivity index (χ2n) is 4.18. The third-order valence-electron chi connectivity index (χ3n) is 2.74. The van der Waals surface area contributed by atoms with Crippen molar-refractivity contribution in [2.45, 2.75) is 20.3 Å². The Labute approximate surface area is 97.0 Å². The molecule has 4 nitrogen and oxygen atoms in total. The lowest BCUT2D eigenvalue weighted by atomic mass is 10.1. The molecular formula is C12H20N4. The number of nitrogens with one attached hydrogen (secondary N) is 1. The molecule has 1 aromatic heterocycles. The second-order valence-corrected chi connectivity index (χ2v) is 4.18. The smallest absolute Gasteiger partial charge is 0.143 e. The van der Waals surface area contributed by atoms with E-state index < -0.39 is 0 Å². The van der Waals surface area contributed by atoms with E-state index >= 15 is 0 Å². The van der Waals surface area contributed by atoms with Gasteiger partial charge in [-0.1, -0.05) is 20.3 Å². The normalized spacial score (nSPS) is 12.2. The SMILES string of the molecule is CCC(C)CN(C)c1cccnc1C(=N)N. The van der Waals surface area contributed by atoms with E-state index in [2.05, 4.69) is 23.7 Å². The Morgan fingerprint density at radius 2 is 2.31 bits per heavy atom. The third kappa shape index (κ3) is 2.95. The molecule has 1 aromatic rings. The Hall–Kier alpha value is -1.58. The van der Waals surface area contributed by atoms with Gasteiger partial charge in [0, 0.05) is 19.8 Å². The molecule has 0 aliphatic carbocycles. The van der Waals surface area contributed by atoms with Gasteiger partial charge in [0.05, 0.1) is 5.69 Å².